The third kappa shape index (κ3) is 9.17. The van der Waals surface area contributed by atoms with Crippen LogP contribution in [0.25, 0.3) is 0 Å². The molecule has 7 heteroatoms. The number of carbonyl (C=O) groups excluding carboxylic acids is 1. The van der Waals surface area contributed by atoms with Gasteiger partial charge in [0, 0.05) is 25.4 Å². The largest absolute Gasteiger partial charge is 0.491 e. The van der Waals surface area contributed by atoms with Crippen molar-refractivity contribution < 1.29 is 14.3 Å². The van der Waals surface area contributed by atoms with Crippen molar-refractivity contribution in [1.29, 1.82) is 0 Å². The molecule has 7 nitrogen and oxygen atoms in total. The molecule has 1 aliphatic carbocycles. The van der Waals surface area contributed by atoms with E-state index in [1.165, 1.54) is 12.8 Å². The number of primary amides is 1. The van der Waals surface area contributed by atoms with Gasteiger partial charge in [-0.15, -0.1) is 0 Å². The van der Waals surface area contributed by atoms with E-state index in [1.807, 2.05) is 38.1 Å². The zero-order valence-corrected chi connectivity index (χ0v) is 18.2. The number of nitrogens with two attached hydrogens (primary N) is 1. The van der Waals surface area contributed by atoms with Crippen LogP contribution in [-0.2, 0) is 9.53 Å². The maximum Gasteiger partial charge on any atom is 0.224 e. The van der Waals surface area contributed by atoms with Crippen molar-refractivity contribution in [3.05, 3.63) is 24.3 Å². The molecule has 0 heterocycles. The molecule has 0 unspecified atom stereocenters. The summed E-state index contributed by atoms with van der Waals surface area (Å²) in [5, 5.41) is 6.59. The number of amides is 1. The average Bonchev–Trinajstić information content (AvgIpc) is 3.47. The van der Waals surface area contributed by atoms with Gasteiger partial charge in [-0.2, -0.15) is 0 Å². The van der Waals surface area contributed by atoms with Gasteiger partial charge < -0.3 is 25.8 Å². The van der Waals surface area contributed by atoms with Crippen LogP contribution in [0, 0.1) is 11.3 Å². The second-order valence-electron chi connectivity index (χ2n) is 8.53. The standard InChI is InChI=1S/C22H36N4O3/c1-16(2)29-19-10-8-18(9-11-19)26-21(25-15-22(3,4)20(23)27)24-12-5-13-28-14-17-6-7-17/h8-11,16-17H,5-7,12-15H2,1-4H3,(H2,23,27)(H2,24,25,26). The highest BCUT2D eigenvalue weighted by Crippen LogP contribution is 2.28. The second-order valence-corrected chi connectivity index (χ2v) is 8.53. The van der Waals surface area contributed by atoms with Crippen molar-refractivity contribution >= 4 is 17.6 Å². The fourth-order valence-corrected chi connectivity index (χ4v) is 2.44. The lowest BCUT2D eigenvalue weighted by Crippen LogP contribution is -2.37. The first kappa shape index (κ1) is 23.0. The number of nitrogens with one attached hydrogen (secondary N) is 2. The molecule has 162 valence electrons. The number of anilines is 1. The zero-order valence-electron chi connectivity index (χ0n) is 18.2. The number of hydrogen-bond acceptors (Lipinski definition) is 4. The summed E-state index contributed by atoms with van der Waals surface area (Å²) in [6.45, 7) is 10.2. The van der Waals surface area contributed by atoms with E-state index in [0.29, 0.717) is 12.5 Å². The quantitative estimate of drug-likeness (QED) is 0.282. The average molecular weight is 405 g/mol. The summed E-state index contributed by atoms with van der Waals surface area (Å²) in [5.74, 6) is 1.84. The van der Waals surface area contributed by atoms with Crippen LogP contribution in [0.1, 0.15) is 47.0 Å². The molecule has 0 spiro atoms. The van der Waals surface area contributed by atoms with Gasteiger partial charge in [0.05, 0.1) is 18.1 Å². The molecule has 0 aromatic heterocycles. The van der Waals surface area contributed by atoms with E-state index in [1.54, 1.807) is 13.8 Å². The predicted octanol–water partition coefficient (Wildman–Crippen LogP) is 3.16. The van der Waals surface area contributed by atoms with Crippen LogP contribution in [0.3, 0.4) is 0 Å². The highest BCUT2D eigenvalue weighted by molar-refractivity contribution is 5.94. The van der Waals surface area contributed by atoms with Crippen molar-refractivity contribution in [2.24, 2.45) is 22.1 Å². The van der Waals surface area contributed by atoms with Gasteiger partial charge in [0.15, 0.2) is 5.96 Å². The monoisotopic (exact) mass is 404 g/mol. The maximum atomic E-state index is 11.6. The zero-order chi connectivity index (χ0) is 21.3. The molecule has 1 amide bonds. The number of nitrogens with zero attached hydrogens (tertiary/aromatic N) is 1. The molecule has 1 aromatic rings. The van der Waals surface area contributed by atoms with Crippen LogP contribution in [0.4, 0.5) is 5.69 Å². The summed E-state index contributed by atoms with van der Waals surface area (Å²) in [6.07, 6.45) is 3.62. The van der Waals surface area contributed by atoms with Gasteiger partial charge in [-0.1, -0.05) is 0 Å². The minimum atomic E-state index is -0.711. The lowest BCUT2D eigenvalue weighted by Gasteiger charge is -2.19. The summed E-state index contributed by atoms with van der Waals surface area (Å²) in [5.41, 5.74) is 5.64. The highest BCUT2D eigenvalue weighted by atomic mass is 16.5. The Bertz CT molecular complexity index is 667. The molecule has 0 atom stereocenters. The lowest BCUT2D eigenvalue weighted by molar-refractivity contribution is -0.125. The van der Waals surface area contributed by atoms with Crippen molar-refractivity contribution in [1.82, 2.24) is 5.32 Å². The van der Waals surface area contributed by atoms with Crippen LogP contribution in [0.15, 0.2) is 29.3 Å². The van der Waals surface area contributed by atoms with E-state index in [2.05, 4.69) is 15.6 Å². The fourth-order valence-electron chi connectivity index (χ4n) is 2.44. The van der Waals surface area contributed by atoms with E-state index < -0.39 is 5.41 Å². The maximum absolute atomic E-state index is 11.6. The first-order chi connectivity index (χ1) is 13.8. The SMILES string of the molecule is CC(C)Oc1ccc(NC(=NCC(C)(C)C(N)=O)NCCCOCC2CC2)cc1. The molecular formula is C22H36N4O3. The molecule has 1 fully saturated rings. The van der Waals surface area contributed by atoms with Gasteiger partial charge in [-0.3, -0.25) is 9.79 Å². The van der Waals surface area contributed by atoms with Crippen molar-refractivity contribution in [2.45, 2.75) is 53.1 Å². The molecule has 4 N–H and O–H groups in total. The number of guanidine groups is 1. The van der Waals surface area contributed by atoms with Crippen molar-refractivity contribution in [3.8, 4) is 5.75 Å². The molecule has 0 aliphatic heterocycles. The Labute approximate surface area is 174 Å². The normalized spacial score (nSPS) is 14.7. The van der Waals surface area contributed by atoms with Crippen molar-refractivity contribution in [2.75, 3.05) is 31.6 Å². The molecule has 0 bridgehead atoms. The van der Waals surface area contributed by atoms with Gasteiger partial charge in [0.1, 0.15) is 5.75 Å². The van der Waals surface area contributed by atoms with E-state index in [0.717, 1.165) is 43.5 Å². The molecule has 1 aromatic carbocycles. The Morgan fingerprint density at radius 3 is 2.55 bits per heavy atom. The summed E-state index contributed by atoms with van der Waals surface area (Å²) >= 11 is 0. The number of ether oxygens (including phenoxy) is 2. The molecule has 1 aliphatic rings. The second kappa shape index (κ2) is 11.0. The van der Waals surface area contributed by atoms with Crippen LogP contribution in [0.5, 0.6) is 5.75 Å². The molecule has 1 saturated carbocycles. The summed E-state index contributed by atoms with van der Waals surface area (Å²) < 4.78 is 11.4. The van der Waals surface area contributed by atoms with Crippen molar-refractivity contribution in [3.63, 3.8) is 0 Å². The number of carbonyl (C=O) groups is 1. The Kier molecular flexibility index (Phi) is 8.76. The number of rotatable bonds is 12. The molecule has 29 heavy (non-hydrogen) atoms. The molecular weight excluding hydrogens is 368 g/mol. The fraction of sp³-hybridized carbons (Fsp3) is 0.636. The summed E-state index contributed by atoms with van der Waals surface area (Å²) in [6, 6.07) is 7.71. The number of aliphatic imine (C=N–C) groups is 1. The molecule has 2 rings (SSSR count). The van der Waals surface area contributed by atoms with Crippen LogP contribution in [0.2, 0.25) is 0 Å². The third-order valence-electron chi connectivity index (χ3n) is 4.60. The molecule has 0 saturated heterocycles. The highest BCUT2D eigenvalue weighted by Gasteiger charge is 2.24. The third-order valence-corrected chi connectivity index (χ3v) is 4.60. The minimum Gasteiger partial charge on any atom is -0.491 e. The Morgan fingerprint density at radius 2 is 1.97 bits per heavy atom. The Balaban J connectivity index is 1.90. The predicted molar refractivity (Wildman–Crippen MR) is 117 cm³/mol. The molecule has 0 radical (unpaired) electrons. The van der Waals surface area contributed by atoms with Crippen LogP contribution >= 0.6 is 0 Å². The lowest BCUT2D eigenvalue weighted by atomic mass is 9.93. The number of benzene rings is 1. The van der Waals surface area contributed by atoms with Gasteiger partial charge in [-0.05, 0) is 77.1 Å². The number of hydrogen-bond donors (Lipinski definition) is 3. The van der Waals surface area contributed by atoms with E-state index in [9.17, 15) is 4.79 Å². The summed E-state index contributed by atoms with van der Waals surface area (Å²) in [7, 11) is 0. The minimum absolute atomic E-state index is 0.130. The van der Waals surface area contributed by atoms with Gasteiger partial charge >= 0.3 is 0 Å². The Hall–Kier alpha value is -2.28. The first-order valence-electron chi connectivity index (χ1n) is 10.5. The van der Waals surface area contributed by atoms with Gasteiger partial charge in [0.2, 0.25) is 5.91 Å². The van der Waals surface area contributed by atoms with E-state index in [-0.39, 0.29) is 12.0 Å². The van der Waals surface area contributed by atoms with E-state index >= 15 is 0 Å². The smallest absolute Gasteiger partial charge is 0.224 e. The topological polar surface area (TPSA) is 98.0 Å². The first-order valence-corrected chi connectivity index (χ1v) is 10.5. The Morgan fingerprint density at radius 1 is 1.28 bits per heavy atom. The van der Waals surface area contributed by atoms with Crippen LogP contribution in [-0.4, -0.2) is 44.3 Å². The van der Waals surface area contributed by atoms with Crippen LogP contribution < -0.4 is 21.1 Å². The van der Waals surface area contributed by atoms with E-state index in [4.69, 9.17) is 15.2 Å². The van der Waals surface area contributed by atoms with Gasteiger partial charge in [0.25, 0.3) is 0 Å². The van der Waals surface area contributed by atoms with Gasteiger partial charge in [-0.25, -0.2) is 0 Å². The summed E-state index contributed by atoms with van der Waals surface area (Å²) in [4.78, 5) is 16.2.